The predicted octanol–water partition coefficient (Wildman–Crippen LogP) is 4.27. The molecule has 0 spiro atoms. The van der Waals surface area contributed by atoms with E-state index in [1.54, 1.807) is 0 Å². The fourth-order valence-electron chi connectivity index (χ4n) is 3.40. The van der Waals surface area contributed by atoms with Crippen molar-refractivity contribution in [2.75, 3.05) is 18.0 Å². The summed E-state index contributed by atoms with van der Waals surface area (Å²) < 4.78 is 13.3. The zero-order valence-electron chi connectivity index (χ0n) is 15.2. The second-order valence-corrected chi connectivity index (χ2v) is 7.28. The minimum absolute atomic E-state index is 0.0461. The van der Waals surface area contributed by atoms with Crippen molar-refractivity contribution < 1.29 is 9.18 Å². The van der Waals surface area contributed by atoms with E-state index in [4.69, 9.17) is 11.6 Å². The fourth-order valence-corrected chi connectivity index (χ4v) is 3.58. The fraction of sp³-hybridized carbons (Fsp3) is 0.238. The number of hydrogen-bond donors (Lipinski definition) is 2. The first-order valence-corrected chi connectivity index (χ1v) is 9.59. The third kappa shape index (κ3) is 4.02. The highest BCUT2D eigenvalue weighted by molar-refractivity contribution is 6.31. The molecule has 1 aliphatic heterocycles. The number of nitrogens with zero attached hydrogens (tertiary/aromatic N) is 2. The Balaban J connectivity index is 1.34. The van der Waals surface area contributed by atoms with Gasteiger partial charge in [-0.25, -0.2) is 4.39 Å². The van der Waals surface area contributed by atoms with E-state index in [2.05, 4.69) is 26.5 Å². The van der Waals surface area contributed by atoms with E-state index >= 15 is 0 Å². The Morgan fingerprint density at radius 3 is 2.61 bits per heavy atom. The van der Waals surface area contributed by atoms with Crippen LogP contribution in [0.2, 0.25) is 5.02 Å². The summed E-state index contributed by atoms with van der Waals surface area (Å²) in [5.74, 6) is 0.154. The first-order chi connectivity index (χ1) is 13.6. The highest BCUT2D eigenvalue weighted by Gasteiger charge is 2.23. The van der Waals surface area contributed by atoms with Gasteiger partial charge in [0.15, 0.2) is 5.82 Å². The van der Waals surface area contributed by atoms with Crippen LogP contribution in [0.5, 0.6) is 0 Å². The van der Waals surface area contributed by atoms with Gasteiger partial charge in [0, 0.05) is 30.8 Å². The molecule has 0 aliphatic carbocycles. The zero-order chi connectivity index (χ0) is 19.5. The topological polar surface area (TPSA) is 61.0 Å². The Morgan fingerprint density at radius 1 is 1.14 bits per heavy atom. The molecule has 1 fully saturated rings. The van der Waals surface area contributed by atoms with E-state index in [1.165, 1.54) is 18.2 Å². The SMILES string of the molecule is O=C(NC1CCN(c2cc(-c3ccccc3)[nH]n2)CC1)c1ccc(F)c(Cl)c1. The number of nitrogens with one attached hydrogen (secondary N) is 2. The van der Waals surface area contributed by atoms with Crippen LogP contribution in [-0.4, -0.2) is 35.2 Å². The minimum Gasteiger partial charge on any atom is -0.355 e. The van der Waals surface area contributed by atoms with E-state index in [-0.39, 0.29) is 17.0 Å². The molecule has 1 aliphatic rings. The van der Waals surface area contributed by atoms with Crippen LogP contribution < -0.4 is 10.2 Å². The summed E-state index contributed by atoms with van der Waals surface area (Å²) in [7, 11) is 0. The number of H-pyrrole nitrogens is 1. The predicted molar refractivity (Wildman–Crippen MR) is 108 cm³/mol. The van der Waals surface area contributed by atoms with Crippen molar-refractivity contribution in [3.63, 3.8) is 0 Å². The number of piperidine rings is 1. The number of amides is 1. The van der Waals surface area contributed by atoms with Crippen LogP contribution in [0.4, 0.5) is 10.2 Å². The van der Waals surface area contributed by atoms with Crippen molar-refractivity contribution in [2.45, 2.75) is 18.9 Å². The van der Waals surface area contributed by atoms with Crippen molar-refractivity contribution in [3.8, 4) is 11.3 Å². The highest BCUT2D eigenvalue weighted by Crippen LogP contribution is 2.24. The number of rotatable bonds is 4. The molecule has 2 N–H and O–H groups in total. The van der Waals surface area contributed by atoms with Gasteiger partial charge in [0.05, 0.1) is 10.7 Å². The summed E-state index contributed by atoms with van der Waals surface area (Å²) in [6.45, 7) is 1.60. The second-order valence-electron chi connectivity index (χ2n) is 6.87. The van der Waals surface area contributed by atoms with Crippen molar-refractivity contribution in [2.24, 2.45) is 0 Å². The van der Waals surface area contributed by atoms with Gasteiger partial charge >= 0.3 is 0 Å². The summed E-state index contributed by atoms with van der Waals surface area (Å²) in [6, 6.07) is 16.2. The molecule has 4 rings (SSSR count). The highest BCUT2D eigenvalue weighted by atomic mass is 35.5. The molecule has 0 unspecified atom stereocenters. The Morgan fingerprint density at radius 2 is 1.89 bits per heavy atom. The smallest absolute Gasteiger partial charge is 0.251 e. The molecule has 0 saturated carbocycles. The van der Waals surface area contributed by atoms with E-state index in [0.29, 0.717) is 5.56 Å². The molecule has 0 bridgehead atoms. The summed E-state index contributed by atoms with van der Waals surface area (Å²) >= 11 is 5.76. The summed E-state index contributed by atoms with van der Waals surface area (Å²) in [5, 5.41) is 10.5. The van der Waals surface area contributed by atoms with Crippen LogP contribution in [0.3, 0.4) is 0 Å². The molecule has 144 valence electrons. The van der Waals surface area contributed by atoms with Gasteiger partial charge in [-0.2, -0.15) is 5.10 Å². The van der Waals surface area contributed by atoms with Crippen molar-refractivity contribution in [3.05, 3.63) is 71.0 Å². The molecule has 5 nitrogen and oxygen atoms in total. The van der Waals surface area contributed by atoms with E-state index in [0.717, 1.165) is 43.0 Å². The lowest BCUT2D eigenvalue weighted by Crippen LogP contribution is -2.44. The van der Waals surface area contributed by atoms with E-state index < -0.39 is 5.82 Å². The molecule has 2 aromatic carbocycles. The number of benzene rings is 2. The molecule has 0 radical (unpaired) electrons. The van der Waals surface area contributed by atoms with Crippen molar-refractivity contribution in [1.82, 2.24) is 15.5 Å². The van der Waals surface area contributed by atoms with Crippen molar-refractivity contribution in [1.29, 1.82) is 0 Å². The van der Waals surface area contributed by atoms with E-state index in [1.807, 2.05) is 30.3 Å². The summed E-state index contributed by atoms with van der Waals surface area (Å²) in [5.41, 5.74) is 2.45. The number of halogens is 2. The van der Waals surface area contributed by atoms with Crippen molar-refractivity contribution >= 4 is 23.3 Å². The first-order valence-electron chi connectivity index (χ1n) is 9.22. The first kappa shape index (κ1) is 18.5. The lowest BCUT2D eigenvalue weighted by atomic mass is 10.0. The molecule has 3 aromatic rings. The van der Waals surface area contributed by atoms with Gasteiger partial charge in [0.25, 0.3) is 5.91 Å². The van der Waals surface area contributed by atoms with Crippen LogP contribution in [0.25, 0.3) is 11.3 Å². The number of anilines is 1. The van der Waals surface area contributed by atoms with Crippen LogP contribution in [0, 0.1) is 5.82 Å². The maximum absolute atomic E-state index is 13.3. The number of carbonyl (C=O) groups is 1. The quantitative estimate of drug-likeness (QED) is 0.690. The van der Waals surface area contributed by atoms with Gasteiger partial charge in [-0.05, 0) is 36.6 Å². The maximum atomic E-state index is 13.3. The zero-order valence-corrected chi connectivity index (χ0v) is 15.9. The molecule has 1 saturated heterocycles. The van der Waals surface area contributed by atoms with E-state index in [9.17, 15) is 9.18 Å². The average molecular weight is 399 g/mol. The van der Waals surface area contributed by atoms with Gasteiger partial charge in [-0.3, -0.25) is 9.89 Å². The van der Waals surface area contributed by atoms with Gasteiger partial charge in [0.2, 0.25) is 0 Å². The van der Waals surface area contributed by atoms with Crippen LogP contribution in [0.15, 0.2) is 54.6 Å². The van der Waals surface area contributed by atoms with Crippen LogP contribution in [-0.2, 0) is 0 Å². The lowest BCUT2D eigenvalue weighted by Gasteiger charge is -2.32. The Labute approximate surface area is 167 Å². The minimum atomic E-state index is -0.527. The maximum Gasteiger partial charge on any atom is 0.251 e. The standard InChI is InChI=1S/C21H20ClFN4O/c22-17-12-15(6-7-18(17)23)21(28)24-16-8-10-27(11-9-16)20-13-19(25-26-20)14-4-2-1-3-5-14/h1-7,12-13,16H,8-11H2,(H,24,28)(H,25,26). The number of aromatic amines is 1. The van der Waals surface area contributed by atoms with Gasteiger partial charge < -0.3 is 10.2 Å². The van der Waals surface area contributed by atoms with Crippen LogP contribution >= 0.6 is 11.6 Å². The molecule has 28 heavy (non-hydrogen) atoms. The number of carbonyl (C=O) groups excluding carboxylic acids is 1. The molecular formula is C21H20ClFN4O. The molecule has 0 atom stereocenters. The Bertz CT molecular complexity index is 968. The summed E-state index contributed by atoms with van der Waals surface area (Å²) in [6.07, 6.45) is 1.63. The van der Waals surface area contributed by atoms with Crippen LogP contribution in [0.1, 0.15) is 23.2 Å². The van der Waals surface area contributed by atoms with Gasteiger partial charge in [-0.1, -0.05) is 41.9 Å². The number of aromatic nitrogens is 2. The third-order valence-corrected chi connectivity index (χ3v) is 5.27. The van der Waals surface area contributed by atoms with Gasteiger partial charge in [-0.15, -0.1) is 0 Å². The Kier molecular flexibility index (Phi) is 5.30. The molecule has 1 aromatic heterocycles. The molecule has 7 heteroatoms. The van der Waals surface area contributed by atoms with Gasteiger partial charge in [0.1, 0.15) is 5.82 Å². The largest absolute Gasteiger partial charge is 0.355 e. The third-order valence-electron chi connectivity index (χ3n) is 4.99. The molecular weight excluding hydrogens is 379 g/mol. The monoisotopic (exact) mass is 398 g/mol. The lowest BCUT2D eigenvalue weighted by molar-refractivity contribution is 0.0931. The Hall–Kier alpha value is -2.86. The summed E-state index contributed by atoms with van der Waals surface area (Å²) in [4.78, 5) is 14.6. The normalized spacial score (nSPS) is 14.9. The molecule has 2 heterocycles. The number of hydrogen-bond acceptors (Lipinski definition) is 3. The average Bonchev–Trinajstić information content (AvgIpc) is 3.21. The molecule has 1 amide bonds. The second kappa shape index (κ2) is 8.02.